The van der Waals surface area contributed by atoms with Gasteiger partial charge < -0.3 is 14.7 Å². The maximum Gasteiger partial charge on any atom is 0.410 e. The lowest BCUT2D eigenvalue weighted by atomic mass is 9.87. The van der Waals surface area contributed by atoms with Gasteiger partial charge in [0.15, 0.2) is 5.78 Å². The lowest BCUT2D eigenvalue weighted by Gasteiger charge is -2.33. The molecule has 1 aromatic carbocycles. The van der Waals surface area contributed by atoms with Crippen LogP contribution in [0.4, 0.5) is 4.79 Å². The number of benzene rings is 1. The van der Waals surface area contributed by atoms with E-state index in [0.717, 1.165) is 0 Å². The molecule has 1 heterocycles. The summed E-state index contributed by atoms with van der Waals surface area (Å²) in [6.07, 6.45) is 0.817. The second-order valence-corrected chi connectivity index (χ2v) is 7.50. The Bertz CT molecular complexity index is 616. The normalized spacial score (nSPS) is 16.1. The second kappa shape index (κ2) is 7.53. The van der Waals surface area contributed by atoms with Crippen LogP contribution in [0.2, 0.25) is 5.02 Å². The third kappa shape index (κ3) is 4.71. The zero-order valence-corrected chi connectivity index (χ0v) is 15.1. The molecule has 1 aliphatic rings. The van der Waals surface area contributed by atoms with E-state index >= 15 is 0 Å². The summed E-state index contributed by atoms with van der Waals surface area (Å²) >= 11 is 5.98. The van der Waals surface area contributed by atoms with Gasteiger partial charge >= 0.3 is 6.09 Å². The highest BCUT2D eigenvalue weighted by molar-refractivity contribution is 6.31. The largest absolute Gasteiger partial charge is 0.444 e. The van der Waals surface area contributed by atoms with Crippen molar-refractivity contribution in [2.24, 2.45) is 5.92 Å². The van der Waals surface area contributed by atoms with E-state index in [2.05, 4.69) is 0 Å². The van der Waals surface area contributed by atoms with E-state index in [0.29, 0.717) is 42.1 Å². The average molecular weight is 354 g/mol. The molecule has 132 valence electrons. The number of hydrogen-bond donors (Lipinski definition) is 1. The van der Waals surface area contributed by atoms with Gasteiger partial charge in [-0.3, -0.25) is 4.79 Å². The van der Waals surface area contributed by atoms with E-state index in [1.54, 1.807) is 23.1 Å². The first-order valence-corrected chi connectivity index (χ1v) is 8.50. The SMILES string of the molecule is CC(C)(C)OC(=O)N1CCC(C(=O)c2cc(Cl)ccc2CO)CC1. The fourth-order valence-electron chi connectivity index (χ4n) is 2.79. The van der Waals surface area contributed by atoms with E-state index in [1.165, 1.54) is 0 Å². The van der Waals surface area contributed by atoms with Gasteiger partial charge in [0, 0.05) is 29.6 Å². The minimum Gasteiger partial charge on any atom is -0.444 e. The number of aliphatic hydroxyl groups excluding tert-OH is 1. The maximum absolute atomic E-state index is 12.7. The smallest absolute Gasteiger partial charge is 0.410 e. The third-order valence-electron chi connectivity index (χ3n) is 4.03. The van der Waals surface area contributed by atoms with Crippen molar-refractivity contribution in [3.63, 3.8) is 0 Å². The first-order chi connectivity index (χ1) is 11.2. The van der Waals surface area contributed by atoms with Gasteiger partial charge in [-0.25, -0.2) is 4.79 Å². The molecule has 0 spiro atoms. The van der Waals surface area contributed by atoms with Gasteiger partial charge in [0.05, 0.1) is 6.61 Å². The Kier molecular flexibility index (Phi) is 5.88. The molecule has 0 bridgehead atoms. The van der Waals surface area contributed by atoms with Crippen LogP contribution >= 0.6 is 11.6 Å². The summed E-state index contributed by atoms with van der Waals surface area (Å²) in [4.78, 5) is 26.4. The van der Waals surface area contributed by atoms with Crippen molar-refractivity contribution >= 4 is 23.5 Å². The summed E-state index contributed by atoms with van der Waals surface area (Å²) in [5, 5.41) is 9.89. The molecule has 0 aliphatic carbocycles. The standard InChI is InChI=1S/C18H24ClNO4/c1-18(2,3)24-17(23)20-8-6-12(7-9-20)16(22)15-10-14(19)5-4-13(15)11-21/h4-5,10,12,21H,6-9,11H2,1-3H3. The monoisotopic (exact) mass is 353 g/mol. The maximum atomic E-state index is 12.7. The number of rotatable bonds is 3. The van der Waals surface area contributed by atoms with Crippen molar-refractivity contribution in [3.05, 3.63) is 34.3 Å². The van der Waals surface area contributed by atoms with Gasteiger partial charge in [-0.05, 0) is 51.3 Å². The van der Waals surface area contributed by atoms with Gasteiger partial charge in [0.2, 0.25) is 0 Å². The van der Waals surface area contributed by atoms with Crippen LogP contribution in [-0.2, 0) is 11.3 Å². The van der Waals surface area contributed by atoms with Gasteiger partial charge in [-0.1, -0.05) is 17.7 Å². The van der Waals surface area contributed by atoms with Crippen molar-refractivity contribution in [1.29, 1.82) is 0 Å². The number of piperidine rings is 1. The number of nitrogens with zero attached hydrogens (tertiary/aromatic N) is 1. The van der Waals surface area contributed by atoms with E-state index < -0.39 is 5.60 Å². The first kappa shape index (κ1) is 18.7. The Hall–Kier alpha value is -1.59. The zero-order chi connectivity index (χ0) is 17.9. The number of amides is 1. The summed E-state index contributed by atoms with van der Waals surface area (Å²) in [6.45, 7) is 6.26. The Labute approximate surface area is 147 Å². The van der Waals surface area contributed by atoms with Crippen LogP contribution in [0.1, 0.15) is 49.5 Å². The first-order valence-electron chi connectivity index (χ1n) is 8.12. The number of hydrogen-bond acceptors (Lipinski definition) is 4. The molecule has 1 amide bonds. The van der Waals surface area contributed by atoms with E-state index in [4.69, 9.17) is 16.3 Å². The third-order valence-corrected chi connectivity index (χ3v) is 4.26. The van der Waals surface area contributed by atoms with Crippen molar-refractivity contribution < 1.29 is 19.4 Å². The number of likely N-dealkylation sites (tertiary alicyclic amines) is 1. The fraction of sp³-hybridized carbons (Fsp3) is 0.556. The van der Waals surface area contributed by atoms with Crippen LogP contribution in [0.5, 0.6) is 0 Å². The van der Waals surface area contributed by atoms with Crippen LogP contribution in [0, 0.1) is 5.92 Å². The lowest BCUT2D eigenvalue weighted by molar-refractivity contribution is 0.0182. The summed E-state index contributed by atoms with van der Waals surface area (Å²) in [6, 6.07) is 4.94. The molecule has 1 aliphatic heterocycles. The number of halogens is 1. The van der Waals surface area contributed by atoms with Crippen LogP contribution in [0.25, 0.3) is 0 Å². The number of ether oxygens (including phenoxy) is 1. The summed E-state index contributed by atoms with van der Waals surface area (Å²) in [7, 11) is 0. The molecule has 1 N–H and O–H groups in total. The lowest BCUT2D eigenvalue weighted by Crippen LogP contribution is -2.43. The Balaban J connectivity index is 2.01. The van der Waals surface area contributed by atoms with E-state index in [1.807, 2.05) is 20.8 Å². The molecule has 24 heavy (non-hydrogen) atoms. The molecule has 2 rings (SSSR count). The molecule has 0 aromatic heterocycles. The topological polar surface area (TPSA) is 66.8 Å². The van der Waals surface area contributed by atoms with E-state index in [-0.39, 0.29) is 24.4 Å². The molecule has 1 aromatic rings. The Morgan fingerprint density at radius 2 is 1.92 bits per heavy atom. The number of Topliss-reactive ketones (excluding diaryl/α,β-unsaturated/α-hetero) is 1. The van der Waals surface area contributed by atoms with Gasteiger partial charge in [0.1, 0.15) is 5.60 Å². The van der Waals surface area contributed by atoms with Crippen LogP contribution in [0.3, 0.4) is 0 Å². The number of carbonyl (C=O) groups excluding carboxylic acids is 2. The Morgan fingerprint density at radius 1 is 1.29 bits per heavy atom. The highest BCUT2D eigenvalue weighted by atomic mass is 35.5. The van der Waals surface area contributed by atoms with Gasteiger partial charge in [-0.2, -0.15) is 0 Å². The van der Waals surface area contributed by atoms with Crippen LogP contribution in [-0.4, -0.2) is 40.6 Å². The minimum atomic E-state index is -0.527. The number of carbonyl (C=O) groups is 2. The molecule has 6 heteroatoms. The van der Waals surface area contributed by atoms with Crippen molar-refractivity contribution in [2.45, 2.75) is 45.8 Å². The molecule has 0 radical (unpaired) electrons. The molecule has 5 nitrogen and oxygen atoms in total. The van der Waals surface area contributed by atoms with Gasteiger partial charge in [0.25, 0.3) is 0 Å². The van der Waals surface area contributed by atoms with Crippen molar-refractivity contribution in [2.75, 3.05) is 13.1 Å². The van der Waals surface area contributed by atoms with Crippen molar-refractivity contribution in [1.82, 2.24) is 4.90 Å². The summed E-state index contributed by atoms with van der Waals surface area (Å²) < 4.78 is 5.36. The highest BCUT2D eigenvalue weighted by Gasteiger charge is 2.31. The zero-order valence-electron chi connectivity index (χ0n) is 14.3. The fourth-order valence-corrected chi connectivity index (χ4v) is 2.96. The van der Waals surface area contributed by atoms with Gasteiger partial charge in [-0.15, -0.1) is 0 Å². The molecule has 0 atom stereocenters. The predicted octanol–water partition coefficient (Wildman–Crippen LogP) is 3.66. The van der Waals surface area contributed by atoms with E-state index in [9.17, 15) is 14.7 Å². The molecular weight excluding hydrogens is 330 g/mol. The van der Waals surface area contributed by atoms with Crippen LogP contribution < -0.4 is 0 Å². The number of aliphatic hydroxyl groups is 1. The Morgan fingerprint density at radius 3 is 2.46 bits per heavy atom. The quantitative estimate of drug-likeness (QED) is 0.842. The second-order valence-electron chi connectivity index (χ2n) is 7.07. The van der Waals surface area contributed by atoms with Crippen LogP contribution in [0.15, 0.2) is 18.2 Å². The summed E-state index contributed by atoms with van der Waals surface area (Å²) in [5.41, 5.74) is 0.528. The minimum absolute atomic E-state index is 0.0228. The number of ketones is 1. The average Bonchev–Trinajstić information content (AvgIpc) is 2.52. The highest BCUT2D eigenvalue weighted by Crippen LogP contribution is 2.26. The predicted molar refractivity (Wildman–Crippen MR) is 92.2 cm³/mol. The molecule has 0 saturated carbocycles. The van der Waals surface area contributed by atoms with Crippen molar-refractivity contribution in [3.8, 4) is 0 Å². The molecule has 1 fully saturated rings. The molecule has 0 unspecified atom stereocenters. The summed E-state index contributed by atoms with van der Waals surface area (Å²) in [5.74, 6) is -0.196. The molecular formula is C18H24ClNO4. The molecule has 1 saturated heterocycles.